The minimum Gasteiger partial charge on any atom is -0.352 e. The van der Waals surface area contributed by atoms with E-state index in [9.17, 15) is 9.59 Å². The fourth-order valence-corrected chi connectivity index (χ4v) is 2.05. The Kier molecular flexibility index (Phi) is 3.70. The largest absolute Gasteiger partial charge is 0.352 e. The van der Waals surface area contributed by atoms with Crippen molar-refractivity contribution in [2.24, 2.45) is 11.7 Å². The van der Waals surface area contributed by atoms with Gasteiger partial charge < -0.3 is 16.0 Å². The summed E-state index contributed by atoms with van der Waals surface area (Å²) in [7, 11) is 0. The molecule has 1 saturated heterocycles. The first-order valence-corrected chi connectivity index (χ1v) is 5.73. The van der Waals surface area contributed by atoms with E-state index in [0.29, 0.717) is 19.6 Å². The predicted octanol–water partition coefficient (Wildman–Crippen LogP) is -1.28. The van der Waals surface area contributed by atoms with Gasteiger partial charge in [-0.25, -0.2) is 4.79 Å². The number of nitrogens with zero attached hydrogens (tertiary/aromatic N) is 4. The number of hydrogen-bond acceptors (Lipinski definition) is 5. The molecule has 1 unspecified atom stereocenters. The van der Waals surface area contributed by atoms with Gasteiger partial charge in [-0.1, -0.05) is 0 Å². The molecule has 98 valence electrons. The lowest BCUT2D eigenvalue weighted by Crippen LogP contribution is -2.44. The molecule has 0 aliphatic carbocycles. The van der Waals surface area contributed by atoms with E-state index in [4.69, 9.17) is 5.73 Å². The third kappa shape index (κ3) is 2.93. The zero-order valence-electron chi connectivity index (χ0n) is 9.80. The molecule has 9 heteroatoms. The second kappa shape index (κ2) is 5.43. The number of amides is 3. The Bertz CT molecular complexity index is 419. The van der Waals surface area contributed by atoms with E-state index in [0.717, 1.165) is 12.8 Å². The van der Waals surface area contributed by atoms with E-state index in [1.165, 1.54) is 0 Å². The number of aromatic nitrogens is 4. The molecular weight excluding hydrogens is 238 g/mol. The number of tetrazole rings is 1. The summed E-state index contributed by atoms with van der Waals surface area (Å²) in [6, 6.07) is -0.545. The quantitative estimate of drug-likeness (QED) is 0.617. The SMILES string of the molecule is NC(=O)NCC1CCCN(C(=O)c2nn[nH]n2)C1. The normalized spacial score (nSPS) is 19.6. The number of rotatable bonds is 3. The maximum atomic E-state index is 12.0. The monoisotopic (exact) mass is 253 g/mol. The Balaban J connectivity index is 1.90. The molecular formula is C9H15N7O2. The first kappa shape index (κ1) is 12.3. The molecule has 0 saturated carbocycles. The highest BCUT2D eigenvalue weighted by Gasteiger charge is 2.26. The van der Waals surface area contributed by atoms with Gasteiger partial charge in [-0.2, -0.15) is 5.21 Å². The summed E-state index contributed by atoms with van der Waals surface area (Å²) < 4.78 is 0. The molecule has 2 rings (SSSR count). The summed E-state index contributed by atoms with van der Waals surface area (Å²) in [5.41, 5.74) is 5.02. The van der Waals surface area contributed by atoms with Crippen molar-refractivity contribution in [3.63, 3.8) is 0 Å². The van der Waals surface area contributed by atoms with Crippen molar-refractivity contribution >= 4 is 11.9 Å². The van der Waals surface area contributed by atoms with Crippen LogP contribution < -0.4 is 11.1 Å². The average molecular weight is 253 g/mol. The van der Waals surface area contributed by atoms with Crippen LogP contribution in [0.2, 0.25) is 0 Å². The first-order chi connectivity index (χ1) is 8.66. The second-order valence-electron chi connectivity index (χ2n) is 4.24. The van der Waals surface area contributed by atoms with Gasteiger partial charge in [-0.15, -0.1) is 10.2 Å². The van der Waals surface area contributed by atoms with Gasteiger partial charge in [-0.05, 0) is 24.0 Å². The van der Waals surface area contributed by atoms with Gasteiger partial charge in [0.1, 0.15) is 0 Å². The molecule has 1 aliphatic heterocycles. The number of likely N-dealkylation sites (tertiary alicyclic amines) is 1. The highest BCUT2D eigenvalue weighted by atomic mass is 16.2. The van der Waals surface area contributed by atoms with E-state index >= 15 is 0 Å². The molecule has 1 atom stereocenters. The standard InChI is InChI=1S/C9H15N7O2/c10-9(18)11-4-6-2-1-3-16(5-6)8(17)7-12-14-15-13-7/h6H,1-5H2,(H3,10,11,18)(H,12,13,14,15). The summed E-state index contributed by atoms with van der Waals surface area (Å²) in [4.78, 5) is 24.3. The summed E-state index contributed by atoms with van der Waals surface area (Å²) in [5, 5.41) is 15.5. The van der Waals surface area contributed by atoms with Crippen LogP contribution in [-0.4, -0.2) is 57.1 Å². The molecule has 1 fully saturated rings. The summed E-state index contributed by atoms with van der Waals surface area (Å²) in [6.07, 6.45) is 1.84. The van der Waals surface area contributed by atoms with E-state index in [1.807, 2.05) is 0 Å². The molecule has 4 N–H and O–H groups in total. The zero-order valence-corrected chi connectivity index (χ0v) is 9.80. The Hall–Kier alpha value is -2.19. The van der Waals surface area contributed by atoms with Gasteiger partial charge in [0.05, 0.1) is 0 Å². The van der Waals surface area contributed by atoms with Crippen LogP contribution in [0.3, 0.4) is 0 Å². The summed E-state index contributed by atoms with van der Waals surface area (Å²) in [6.45, 7) is 1.71. The van der Waals surface area contributed by atoms with Crippen molar-refractivity contribution in [3.8, 4) is 0 Å². The van der Waals surface area contributed by atoms with Gasteiger partial charge >= 0.3 is 6.03 Å². The van der Waals surface area contributed by atoms with Crippen LogP contribution in [0, 0.1) is 5.92 Å². The molecule has 18 heavy (non-hydrogen) atoms. The molecule has 1 aromatic rings. The molecule has 0 spiro atoms. The lowest BCUT2D eigenvalue weighted by atomic mass is 9.98. The molecule has 3 amide bonds. The molecule has 1 aliphatic rings. The van der Waals surface area contributed by atoms with Crippen molar-refractivity contribution < 1.29 is 9.59 Å². The van der Waals surface area contributed by atoms with E-state index < -0.39 is 6.03 Å². The van der Waals surface area contributed by atoms with Gasteiger partial charge in [0.25, 0.3) is 11.7 Å². The van der Waals surface area contributed by atoms with Crippen molar-refractivity contribution in [2.75, 3.05) is 19.6 Å². The van der Waals surface area contributed by atoms with Crippen LogP contribution >= 0.6 is 0 Å². The number of carbonyl (C=O) groups excluding carboxylic acids is 2. The fraction of sp³-hybridized carbons (Fsp3) is 0.667. The van der Waals surface area contributed by atoms with Gasteiger partial charge in [0.15, 0.2) is 0 Å². The van der Waals surface area contributed by atoms with E-state index in [2.05, 4.69) is 25.9 Å². The number of aromatic amines is 1. The van der Waals surface area contributed by atoms with Crippen molar-refractivity contribution in [2.45, 2.75) is 12.8 Å². The number of nitrogens with one attached hydrogen (secondary N) is 2. The zero-order chi connectivity index (χ0) is 13.0. The number of nitrogens with two attached hydrogens (primary N) is 1. The fourth-order valence-electron chi connectivity index (χ4n) is 2.05. The summed E-state index contributed by atoms with van der Waals surface area (Å²) in [5.74, 6) is 0.0353. The molecule has 0 radical (unpaired) electrons. The van der Waals surface area contributed by atoms with Gasteiger partial charge in [-0.3, -0.25) is 4.79 Å². The molecule has 0 bridgehead atoms. The Morgan fingerprint density at radius 2 is 2.39 bits per heavy atom. The van der Waals surface area contributed by atoms with Crippen LogP contribution in [0.5, 0.6) is 0 Å². The van der Waals surface area contributed by atoms with Crippen LogP contribution in [0.1, 0.15) is 23.5 Å². The minimum absolute atomic E-state index is 0.0681. The molecule has 1 aromatic heterocycles. The number of carbonyl (C=O) groups is 2. The van der Waals surface area contributed by atoms with E-state index in [-0.39, 0.29) is 17.6 Å². The number of piperidine rings is 1. The number of H-pyrrole nitrogens is 1. The summed E-state index contributed by atoms with van der Waals surface area (Å²) >= 11 is 0. The van der Waals surface area contributed by atoms with Crippen molar-refractivity contribution in [3.05, 3.63) is 5.82 Å². The van der Waals surface area contributed by atoms with Gasteiger partial charge in [0, 0.05) is 19.6 Å². The number of urea groups is 1. The third-order valence-corrected chi connectivity index (χ3v) is 2.91. The lowest BCUT2D eigenvalue weighted by Gasteiger charge is -2.31. The third-order valence-electron chi connectivity index (χ3n) is 2.91. The topological polar surface area (TPSA) is 130 Å². The Morgan fingerprint density at radius 3 is 3.06 bits per heavy atom. The van der Waals surface area contributed by atoms with Crippen LogP contribution in [0.4, 0.5) is 4.79 Å². The number of primary amides is 1. The highest BCUT2D eigenvalue weighted by Crippen LogP contribution is 2.16. The molecule has 9 nitrogen and oxygen atoms in total. The van der Waals surface area contributed by atoms with Crippen molar-refractivity contribution in [1.82, 2.24) is 30.8 Å². The second-order valence-corrected chi connectivity index (χ2v) is 4.24. The smallest absolute Gasteiger partial charge is 0.312 e. The predicted molar refractivity (Wildman–Crippen MR) is 60.4 cm³/mol. The van der Waals surface area contributed by atoms with Crippen LogP contribution in [0.15, 0.2) is 0 Å². The molecule has 0 aromatic carbocycles. The maximum Gasteiger partial charge on any atom is 0.312 e. The lowest BCUT2D eigenvalue weighted by molar-refractivity contribution is 0.0662. The van der Waals surface area contributed by atoms with E-state index in [1.54, 1.807) is 4.90 Å². The first-order valence-electron chi connectivity index (χ1n) is 5.73. The average Bonchev–Trinajstić information content (AvgIpc) is 2.89. The minimum atomic E-state index is -0.545. The van der Waals surface area contributed by atoms with Gasteiger partial charge in [0.2, 0.25) is 0 Å². The van der Waals surface area contributed by atoms with Crippen LogP contribution in [0.25, 0.3) is 0 Å². The Morgan fingerprint density at radius 1 is 1.56 bits per heavy atom. The van der Waals surface area contributed by atoms with Crippen LogP contribution in [-0.2, 0) is 0 Å². The number of hydrogen-bond donors (Lipinski definition) is 3. The van der Waals surface area contributed by atoms with Crippen molar-refractivity contribution in [1.29, 1.82) is 0 Å². The molecule has 2 heterocycles. The maximum absolute atomic E-state index is 12.0. The Labute approximate surface area is 103 Å². The highest BCUT2D eigenvalue weighted by molar-refractivity contribution is 5.90.